The van der Waals surface area contributed by atoms with Gasteiger partial charge in [-0.1, -0.05) is 6.42 Å². The Labute approximate surface area is 110 Å². The van der Waals surface area contributed by atoms with Gasteiger partial charge in [0.1, 0.15) is 0 Å². The molecule has 2 rings (SSSR count). The summed E-state index contributed by atoms with van der Waals surface area (Å²) in [6.07, 6.45) is 6.75. The van der Waals surface area contributed by atoms with Gasteiger partial charge in [-0.3, -0.25) is 9.69 Å². The summed E-state index contributed by atoms with van der Waals surface area (Å²) in [4.78, 5) is 16.7. The first-order chi connectivity index (χ1) is 8.72. The van der Waals surface area contributed by atoms with Gasteiger partial charge in [-0.25, -0.2) is 0 Å². The van der Waals surface area contributed by atoms with Crippen molar-refractivity contribution in [3.05, 3.63) is 0 Å². The van der Waals surface area contributed by atoms with Crippen molar-refractivity contribution in [2.24, 2.45) is 5.73 Å². The highest BCUT2D eigenvalue weighted by Gasteiger charge is 2.28. The molecule has 2 unspecified atom stereocenters. The Hall–Kier alpha value is -0.610. The van der Waals surface area contributed by atoms with E-state index in [0.29, 0.717) is 24.9 Å². The molecule has 18 heavy (non-hydrogen) atoms. The third-order valence-corrected chi connectivity index (χ3v) is 4.46. The highest BCUT2D eigenvalue weighted by molar-refractivity contribution is 5.77. The summed E-state index contributed by atoms with van der Waals surface area (Å²) in [7, 11) is 0. The maximum absolute atomic E-state index is 12.2. The number of hydrogen-bond acceptors (Lipinski definition) is 3. The summed E-state index contributed by atoms with van der Waals surface area (Å²) in [6, 6.07) is 0.826. The van der Waals surface area contributed by atoms with Crippen molar-refractivity contribution in [2.45, 2.75) is 57.5 Å². The van der Waals surface area contributed by atoms with E-state index in [2.05, 4.69) is 11.8 Å². The Kier molecular flexibility index (Phi) is 5.01. The Morgan fingerprint density at radius 1 is 1.22 bits per heavy atom. The van der Waals surface area contributed by atoms with Crippen molar-refractivity contribution >= 4 is 5.91 Å². The van der Waals surface area contributed by atoms with Crippen molar-refractivity contribution in [2.75, 3.05) is 26.2 Å². The number of nitrogens with zero attached hydrogens (tertiary/aromatic N) is 2. The number of likely N-dealkylation sites (tertiary alicyclic amines) is 2. The summed E-state index contributed by atoms with van der Waals surface area (Å²) in [5.74, 6) is 0.306. The van der Waals surface area contributed by atoms with E-state index in [1.807, 2.05) is 4.90 Å². The lowest BCUT2D eigenvalue weighted by molar-refractivity contribution is -0.131. The Bertz CT molecular complexity index is 276. The molecule has 104 valence electrons. The normalized spacial score (nSPS) is 27.4. The van der Waals surface area contributed by atoms with Crippen LogP contribution < -0.4 is 5.73 Å². The Morgan fingerprint density at radius 3 is 2.50 bits per heavy atom. The van der Waals surface area contributed by atoms with E-state index in [-0.39, 0.29) is 6.04 Å². The van der Waals surface area contributed by atoms with Crippen LogP contribution in [0.25, 0.3) is 0 Å². The van der Waals surface area contributed by atoms with Gasteiger partial charge in [0.25, 0.3) is 0 Å². The molecule has 0 spiro atoms. The largest absolute Gasteiger partial charge is 0.343 e. The smallest absolute Gasteiger partial charge is 0.224 e. The zero-order chi connectivity index (χ0) is 13.0. The second kappa shape index (κ2) is 6.53. The molecular formula is C14H27N3O. The molecular weight excluding hydrogens is 226 g/mol. The highest BCUT2D eigenvalue weighted by atomic mass is 16.2. The van der Waals surface area contributed by atoms with E-state index in [1.54, 1.807) is 0 Å². The lowest BCUT2D eigenvalue weighted by Gasteiger charge is -2.39. The Morgan fingerprint density at radius 2 is 1.89 bits per heavy atom. The number of hydrogen-bond donors (Lipinski definition) is 1. The van der Waals surface area contributed by atoms with Crippen molar-refractivity contribution in [3.8, 4) is 0 Å². The van der Waals surface area contributed by atoms with E-state index >= 15 is 0 Å². The van der Waals surface area contributed by atoms with Crippen LogP contribution in [0.5, 0.6) is 0 Å². The number of amides is 1. The van der Waals surface area contributed by atoms with E-state index in [1.165, 1.54) is 32.1 Å². The number of nitrogens with two attached hydrogens (primary N) is 1. The molecule has 2 aliphatic heterocycles. The van der Waals surface area contributed by atoms with Crippen LogP contribution in [-0.4, -0.2) is 54.0 Å². The van der Waals surface area contributed by atoms with Crippen molar-refractivity contribution in [1.29, 1.82) is 0 Å². The molecule has 0 bridgehead atoms. The SMILES string of the molecule is CC1CCCCN1C(CN)CC(=O)N1CCCC1. The molecule has 0 aliphatic carbocycles. The Balaban J connectivity index is 1.89. The molecule has 0 aromatic rings. The van der Waals surface area contributed by atoms with Crippen LogP contribution in [0.2, 0.25) is 0 Å². The number of carbonyl (C=O) groups excluding carboxylic acids is 1. The van der Waals surface area contributed by atoms with E-state index in [4.69, 9.17) is 5.73 Å². The van der Waals surface area contributed by atoms with Gasteiger partial charge in [0.2, 0.25) is 5.91 Å². The van der Waals surface area contributed by atoms with Crippen molar-refractivity contribution in [1.82, 2.24) is 9.80 Å². The zero-order valence-electron chi connectivity index (χ0n) is 11.6. The maximum Gasteiger partial charge on any atom is 0.224 e. The van der Waals surface area contributed by atoms with E-state index in [9.17, 15) is 4.79 Å². The van der Waals surface area contributed by atoms with Crippen LogP contribution in [0.4, 0.5) is 0 Å². The number of carbonyl (C=O) groups is 1. The van der Waals surface area contributed by atoms with Crippen LogP contribution in [-0.2, 0) is 4.79 Å². The minimum Gasteiger partial charge on any atom is -0.343 e. The summed E-state index contributed by atoms with van der Waals surface area (Å²) in [5, 5.41) is 0. The van der Waals surface area contributed by atoms with E-state index < -0.39 is 0 Å². The van der Waals surface area contributed by atoms with Crippen LogP contribution in [0.3, 0.4) is 0 Å². The van der Waals surface area contributed by atoms with Crippen LogP contribution in [0, 0.1) is 0 Å². The van der Waals surface area contributed by atoms with Crippen LogP contribution >= 0.6 is 0 Å². The van der Waals surface area contributed by atoms with Gasteiger partial charge in [-0.2, -0.15) is 0 Å². The third-order valence-electron chi connectivity index (χ3n) is 4.46. The first-order valence-electron chi connectivity index (χ1n) is 7.46. The van der Waals surface area contributed by atoms with Crippen LogP contribution in [0.15, 0.2) is 0 Å². The maximum atomic E-state index is 12.2. The fourth-order valence-corrected chi connectivity index (χ4v) is 3.30. The molecule has 0 saturated carbocycles. The van der Waals surface area contributed by atoms with Gasteiger partial charge in [0, 0.05) is 38.1 Å². The molecule has 0 radical (unpaired) electrons. The van der Waals surface area contributed by atoms with Crippen LogP contribution in [0.1, 0.15) is 45.4 Å². The number of piperidine rings is 1. The second-order valence-electron chi connectivity index (χ2n) is 5.76. The molecule has 2 fully saturated rings. The lowest BCUT2D eigenvalue weighted by Crippen LogP contribution is -2.50. The molecule has 1 amide bonds. The summed E-state index contributed by atoms with van der Waals surface area (Å²) < 4.78 is 0. The van der Waals surface area contributed by atoms with Gasteiger partial charge < -0.3 is 10.6 Å². The quantitative estimate of drug-likeness (QED) is 0.819. The fraction of sp³-hybridized carbons (Fsp3) is 0.929. The summed E-state index contributed by atoms with van der Waals surface area (Å²) in [5.41, 5.74) is 5.90. The standard InChI is InChI=1S/C14H27N3O/c1-12-6-2-3-9-17(12)13(11-15)10-14(18)16-7-4-5-8-16/h12-13H,2-11,15H2,1H3. The molecule has 2 saturated heterocycles. The molecule has 4 nitrogen and oxygen atoms in total. The van der Waals surface area contributed by atoms with Crippen molar-refractivity contribution < 1.29 is 4.79 Å². The lowest BCUT2D eigenvalue weighted by atomic mass is 9.99. The molecule has 0 aromatic heterocycles. The molecule has 2 N–H and O–H groups in total. The first kappa shape index (κ1) is 13.8. The average molecular weight is 253 g/mol. The first-order valence-corrected chi connectivity index (χ1v) is 7.46. The minimum atomic E-state index is 0.244. The second-order valence-corrected chi connectivity index (χ2v) is 5.76. The average Bonchev–Trinajstić information content (AvgIpc) is 2.90. The number of rotatable bonds is 4. The summed E-state index contributed by atoms with van der Waals surface area (Å²) >= 11 is 0. The minimum absolute atomic E-state index is 0.244. The topological polar surface area (TPSA) is 49.6 Å². The highest BCUT2D eigenvalue weighted by Crippen LogP contribution is 2.21. The predicted octanol–water partition coefficient (Wildman–Crippen LogP) is 1.20. The third kappa shape index (κ3) is 3.23. The summed E-state index contributed by atoms with van der Waals surface area (Å²) in [6.45, 7) is 5.87. The molecule has 2 atom stereocenters. The molecule has 2 heterocycles. The monoisotopic (exact) mass is 253 g/mol. The van der Waals surface area contributed by atoms with Gasteiger partial charge >= 0.3 is 0 Å². The fourth-order valence-electron chi connectivity index (χ4n) is 3.30. The van der Waals surface area contributed by atoms with Gasteiger partial charge in [0.05, 0.1) is 0 Å². The van der Waals surface area contributed by atoms with Gasteiger partial charge in [0.15, 0.2) is 0 Å². The molecule has 0 aromatic carbocycles. The van der Waals surface area contributed by atoms with E-state index in [0.717, 1.165) is 19.6 Å². The van der Waals surface area contributed by atoms with Crippen molar-refractivity contribution in [3.63, 3.8) is 0 Å². The predicted molar refractivity (Wildman–Crippen MR) is 73.3 cm³/mol. The zero-order valence-corrected chi connectivity index (χ0v) is 11.6. The van der Waals surface area contributed by atoms with Gasteiger partial charge in [-0.05, 0) is 39.2 Å². The molecule has 2 aliphatic rings. The molecule has 4 heteroatoms. The van der Waals surface area contributed by atoms with Gasteiger partial charge in [-0.15, -0.1) is 0 Å².